The number of anilines is 1. The second-order valence-electron chi connectivity index (χ2n) is 6.59. The first-order chi connectivity index (χ1) is 11.6. The Bertz CT molecular complexity index is 824. The maximum atomic E-state index is 12.3. The van der Waals surface area contributed by atoms with Gasteiger partial charge in [-0.25, -0.2) is 0 Å². The van der Waals surface area contributed by atoms with Crippen LogP contribution >= 0.6 is 0 Å². The summed E-state index contributed by atoms with van der Waals surface area (Å²) in [5, 5.41) is 13.1. The summed E-state index contributed by atoms with van der Waals surface area (Å²) in [5.41, 5.74) is 6.17. The van der Waals surface area contributed by atoms with E-state index in [1.54, 1.807) is 0 Å². The first-order valence-electron chi connectivity index (χ1n) is 8.35. The monoisotopic (exact) mass is 324 g/mol. The predicted molar refractivity (Wildman–Crippen MR) is 89.6 cm³/mol. The number of rotatable bonds is 4. The fraction of sp³-hybridized carbons (Fsp3) is 0.389. The molecule has 3 N–H and O–H groups in total. The molecule has 1 aliphatic carbocycles. The third-order valence-corrected chi connectivity index (χ3v) is 4.89. The van der Waals surface area contributed by atoms with Crippen molar-refractivity contribution in [2.45, 2.75) is 45.1 Å². The van der Waals surface area contributed by atoms with Gasteiger partial charge < -0.3 is 10.6 Å². The van der Waals surface area contributed by atoms with Crippen molar-refractivity contribution >= 4 is 17.5 Å². The minimum atomic E-state index is -0.412. The van der Waals surface area contributed by atoms with Crippen LogP contribution in [0.1, 0.15) is 46.8 Å². The Morgan fingerprint density at radius 1 is 1.38 bits per heavy atom. The van der Waals surface area contributed by atoms with Gasteiger partial charge in [-0.05, 0) is 43.4 Å². The molecule has 0 radical (unpaired) electrons. The molecule has 124 valence electrons. The van der Waals surface area contributed by atoms with E-state index in [4.69, 9.17) is 0 Å². The highest BCUT2D eigenvalue weighted by molar-refractivity contribution is 6.05. The summed E-state index contributed by atoms with van der Waals surface area (Å²) in [4.78, 5) is 24.5. The highest BCUT2D eigenvalue weighted by atomic mass is 16.2. The number of aromatic nitrogens is 2. The molecule has 0 saturated heterocycles. The largest absolute Gasteiger partial charge is 0.350 e. The standard InChI is InChI=1S/C18H20N4O2/c1-10-5-6-14-12(7-10)13(18(24)20-14)8-17(23)19-9-16-11-3-2-4-15(11)21-22-16/h5-7,13H,2-4,8-9H2,1H3,(H,19,23)(H,20,24)(H,21,22). The second kappa shape index (κ2) is 5.78. The van der Waals surface area contributed by atoms with Gasteiger partial charge in [-0.15, -0.1) is 0 Å². The van der Waals surface area contributed by atoms with Crippen molar-refractivity contribution in [3.05, 3.63) is 46.3 Å². The van der Waals surface area contributed by atoms with Crippen LogP contribution in [0.3, 0.4) is 0 Å². The third-order valence-electron chi connectivity index (χ3n) is 4.89. The van der Waals surface area contributed by atoms with Crippen LogP contribution in [0, 0.1) is 6.92 Å². The molecule has 1 aromatic heterocycles. The number of hydrogen-bond acceptors (Lipinski definition) is 3. The Morgan fingerprint density at radius 3 is 3.12 bits per heavy atom. The zero-order valence-electron chi connectivity index (χ0n) is 13.6. The lowest BCUT2D eigenvalue weighted by molar-refractivity contribution is -0.125. The minimum absolute atomic E-state index is 0.105. The van der Waals surface area contributed by atoms with E-state index in [9.17, 15) is 9.59 Å². The van der Waals surface area contributed by atoms with Crippen LogP contribution in [0.15, 0.2) is 18.2 Å². The summed E-state index contributed by atoms with van der Waals surface area (Å²) < 4.78 is 0. The van der Waals surface area contributed by atoms with Crippen molar-refractivity contribution < 1.29 is 9.59 Å². The number of carbonyl (C=O) groups excluding carboxylic acids is 2. The van der Waals surface area contributed by atoms with Crippen LogP contribution in [-0.2, 0) is 29.0 Å². The molecule has 2 aliphatic rings. The lowest BCUT2D eigenvalue weighted by atomic mass is 9.95. The van der Waals surface area contributed by atoms with Gasteiger partial charge in [0.15, 0.2) is 0 Å². The van der Waals surface area contributed by atoms with Gasteiger partial charge in [0.1, 0.15) is 0 Å². The molecule has 4 rings (SSSR count). The van der Waals surface area contributed by atoms with Crippen molar-refractivity contribution in [1.82, 2.24) is 15.5 Å². The number of aromatic amines is 1. The molecule has 6 heteroatoms. The zero-order chi connectivity index (χ0) is 16.7. The van der Waals surface area contributed by atoms with Crippen LogP contribution in [0.5, 0.6) is 0 Å². The molecule has 1 atom stereocenters. The number of nitrogens with zero attached hydrogens (tertiary/aromatic N) is 1. The molecule has 0 saturated carbocycles. The summed E-state index contributed by atoms with van der Waals surface area (Å²) in [7, 11) is 0. The number of nitrogens with one attached hydrogen (secondary N) is 3. The molecule has 0 fully saturated rings. The first kappa shape index (κ1) is 14.9. The van der Waals surface area contributed by atoms with Gasteiger partial charge in [0, 0.05) is 17.8 Å². The van der Waals surface area contributed by atoms with Crippen molar-refractivity contribution in [3.8, 4) is 0 Å². The van der Waals surface area contributed by atoms with Crippen LogP contribution < -0.4 is 10.6 Å². The molecule has 0 spiro atoms. The van der Waals surface area contributed by atoms with Crippen molar-refractivity contribution in [2.75, 3.05) is 5.32 Å². The Balaban J connectivity index is 1.41. The highest BCUT2D eigenvalue weighted by Gasteiger charge is 2.32. The summed E-state index contributed by atoms with van der Waals surface area (Å²) in [6.45, 7) is 2.40. The molecule has 1 aromatic carbocycles. The van der Waals surface area contributed by atoms with E-state index >= 15 is 0 Å². The summed E-state index contributed by atoms with van der Waals surface area (Å²) in [6, 6.07) is 5.83. The number of H-pyrrole nitrogens is 1. The van der Waals surface area contributed by atoms with Crippen LogP contribution in [-0.4, -0.2) is 22.0 Å². The fourth-order valence-electron chi connectivity index (χ4n) is 3.62. The molecular formula is C18H20N4O2. The number of benzene rings is 1. The Hall–Kier alpha value is -2.63. The van der Waals surface area contributed by atoms with Gasteiger partial charge >= 0.3 is 0 Å². The molecule has 24 heavy (non-hydrogen) atoms. The Kier molecular flexibility index (Phi) is 3.59. The molecule has 2 aromatic rings. The number of hydrogen-bond donors (Lipinski definition) is 3. The van der Waals surface area contributed by atoms with E-state index in [0.717, 1.165) is 41.8 Å². The lowest BCUT2D eigenvalue weighted by Gasteiger charge is -2.10. The van der Waals surface area contributed by atoms with Crippen LogP contribution in [0.2, 0.25) is 0 Å². The molecule has 1 unspecified atom stereocenters. The normalized spacial score (nSPS) is 18.2. The summed E-state index contributed by atoms with van der Waals surface area (Å²) in [5.74, 6) is -0.643. The smallest absolute Gasteiger partial charge is 0.232 e. The molecule has 1 aliphatic heterocycles. The van der Waals surface area contributed by atoms with Gasteiger partial charge in [0.2, 0.25) is 11.8 Å². The van der Waals surface area contributed by atoms with Crippen LogP contribution in [0.25, 0.3) is 0 Å². The van der Waals surface area contributed by atoms with Gasteiger partial charge in [0.05, 0.1) is 18.2 Å². The summed E-state index contributed by atoms with van der Waals surface area (Å²) >= 11 is 0. The quantitative estimate of drug-likeness (QED) is 0.803. The van der Waals surface area contributed by atoms with E-state index in [1.165, 1.54) is 11.3 Å². The summed E-state index contributed by atoms with van der Waals surface area (Å²) in [6.07, 6.45) is 3.36. The van der Waals surface area contributed by atoms with Gasteiger partial charge in [-0.2, -0.15) is 5.10 Å². The fourth-order valence-corrected chi connectivity index (χ4v) is 3.62. The van der Waals surface area contributed by atoms with Crippen molar-refractivity contribution in [2.24, 2.45) is 0 Å². The minimum Gasteiger partial charge on any atom is -0.350 e. The molecule has 0 bridgehead atoms. The lowest BCUT2D eigenvalue weighted by Crippen LogP contribution is -2.27. The highest BCUT2D eigenvalue weighted by Crippen LogP contribution is 2.35. The SMILES string of the molecule is Cc1ccc2c(c1)C(CC(=O)NCc1n[nH]c3c1CCC3)C(=O)N2. The number of amides is 2. The zero-order valence-corrected chi connectivity index (χ0v) is 13.6. The maximum absolute atomic E-state index is 12.3. The van der Waals surface area contributed by atoms with E-state index < -0.39 is 5.92 Å². The first-order valence-corrected chi connectivity index (χ1v) is 8.35. The van der Waals surface area contributed by atoms with E-state index in [-0.39, 0.29) is 18.2 Å². The molecule has 2 heterocycles. The van der Waals surface area contributed by atoms with Crippen molar-refractivity contribution in [1.29, 1.82) is 0 Å². The Labute approximate surface area is 140 Å². The topological polar surface area (TPSA) is 86.9 Å². The number of aryl methyl sites for hydroxylation is 2. The average molecular weight is 324 g/mol. The molecule has 6 nitrogen and oxygen atoms in total. The third kappa shape index (κ3) is 2.58. The Morgan fingerprint density at radius 2 is 2.25 bits per heavy atom. The van der Waals surface area contributed by atoms with E-state index in [1.807, 2.05) is 25.1 Å². The number of carbonyl (C=O) groups is 2. The number of fused-ring (bicyclic) bond motifs is 2. The predicted octanol–water partition coefficient (Wildman–Crippen LogP) is 1.95. The molecule has 2 amide bonds. The maximum Gasteiger partial charge on any atom is 0.232 e. The molecular weight excluding hydrogens is 304 g/mol. The average Bonchev–Trinajstić information content (AvgIpc) is 3.22. The second-order valence-corrected chi connectivity index (χ2v) is 6.59. The van der Waals surface area contributed by atoms with E-state index in [0.29, 0.717) is 6.54 Å². The van der Waals surface area contributed by atoms with Gasteiger partial charge in [-0.1, -0.05) is 17.7 Å². The van der Waals surface area contributed by atoms with Gasteiger partial charge in [0.25, 0.3) is 0 Å². The van der Waals surface area contributed by atoms with Gasteiger partial charge in [-0.3, -0.25) is 14.7 Å². The van der Waals surface area contributed by atoms with Crippen LogP contribution in [0.4, 0.5) is 5.69 Å². The van der Waals surface area contributed by atoms with Crippen molar-refractivity contribution in [3.63, 3.8) is 0 Å². The van der Waals surface area contributed by atoms with E-state index in [2.05, 4.69) is 20.8 Å².